The van der Waals surface area contributed by atoms with E-state index in [0.717, 1.165) is 18.4 Å². The van der Waals surface area contributed by atoms with Crippen molar-refractivity contribution >= 4 is 38.4 Å². The Morgan fingerprint density at radius 3 is 2.53 bits per heavy atom. The lowest BCUT2D eigenvalue weighted by molar-refractivity contribution is 0.102. The van der Waals surface area contributed by atoms with Crippen molar-refractivity contribution < 1.29 is 26.5 Å². The molecular weight excluding hydrogens is 442 g/mol. The minimum absolute atomic E-state index is 0.0481. The molecule has 2 N–H and O–H groups in total. The highest BCUT2D eigenvalue weighted by atomic mass is 32.2. The first-order valence-electron chi connectivity index (χ1n) is 9.23. The molecule has 4 aromatic rings. The number of nitrogens with one attached hydrogen (secondary N) is 2. The average molecular weight is 458 g/mol. The highest BCUT2D eigenvalue weighted by Crippen LogP contribution is 2.29. The van der Waals surface area contributed by atoms with E-state index in [1.54, 1.807) is 13.0 Å². The summed E-state index contributed by atoms with van der Waals surface area (Å²) in [4.78, 5) is 17.4. The lowest BCUT2D eigenvalue weighted by Crippen LogP contribution is -2.15. The van der Waals surface area contributed by atoms with Crippen LogP contribution in [0.1, 0.15) is 16.1 Å². The van der Waals surface area contributed by atoms with Crippen LogP contribution in [0.15, 0.2) is 53.1 Å². The summed E-state index contributed by atoms with van der Waals surface area (Å²) in [6.07, 6.45) is 0.879. The van der Waals surface area contributed by atoms with Crippen molar-refractivity contribution in [1.82, 2.24) is 10.1 Å². The number of fused-ring (bicyclic) bond motifs is 1. The standard InChI is InChI=1S/C21H16F2N4O4S/c1-11-19-14(10-17(25-21(19)31-26-11)13-5-3-4-6-15(13)22)20(28)24-12-7-8-16(23)18(9-12)27-32(2,29)30/h3-10,27H,1-2H3,(H,24,28). The fourth-order valence-electron chi connectivity index (χ4n) is 3.16. The molecule has 0 fully saturated rings. The van der Waals surface area contributed by atoms with Gasteiger partial charge in [-0.3, -0.25) is 9.52 Å². The number of sulfonamides is 1. The molecule has 11 heteroatoms. The largest absolute Gasteiger partial charge is 0.335 e. The number of hydrogen-bond donors (Lipinski definition) is 2. The van der Waals surface area contributed by atoms with Crippen molar-refractivity contribution in [2.75, 3.05) is 16.3 Å². The Morgan fingerprint density at radius 2 is 1.81 bits per heavy atom. The molecule has 0 aliphatic rings. The van der Waals surface area contributed by atoms with Crippen LogP contribution in [0, 0.1) is 18.6 Å². The number of pyridine rings is 1. The Bertz CT molecular complexity index is 1470. The van der Waals surface area contributed by atoms with E-state index >= 15 is 0 Å². The molecule has 164 valence electrons. The number of carbonyl (C=O) groups excluding carboxylic acids is 1. The van der Waals surface area contributed by atoms with Gasteiger partial charge in [-0.2, -0.15) is 0 Å². The molecule has 32 heavy (non-hydrogen) atoms. The summed E-state index contributed by atoms with van der Waals surface area (Å²) in [5, 5.41) is 6.75. The van der Waals surface area contributed by atoms with E-state index in [0.29, 0.717) is 11.1 Å². The number of nitrogens with zero attached hydrogens (tertiary/aromatic N) is 2. The minimum Gasteiger partial charge on any atom is -0.335 e. The summed E-state index contributed by atoms with van der Waals surface area (Å²) >= 11 is 0. The van der Waals surface area contributed by atoms with Gasteiger partial charge in [0.05, 0.1) is 34.3 Å². The Kier molecular flexibility index (Phi) is 5.35. The molecule has 0 saturated heterocycles. The second kappa shape index (κ2) is 8.00. The van der Waals surface area contributed by atoms with Crippen molar-refractivity contribution in [2.45, 2.75) is 6.92 Å². The van der Waals surface area contributed by atoms with E-state index in [1.165, 1.54) is 30.3 Å². The third-order valence-electron chi connectivity index (χ3n) is 4.53. The first-order valence-corrected chi connectivity index (χ1v) is 11.1. The smallest absolute Gasteiger partial charge is 0.259 e. The van der Waals surface area contributed by atoms with Crippen LogP contribution in [0.3, 0.4) is 0 Å². The molecule has 8 nitrogen and oxygen atoms in total. The van der Waals surface area contributed by atoms with Crippen molar-refractivity contribution in [3.8, 4) is 11.3 Å². The summed E-state index contributed by atoms with van der Waals surface area (Å²) in [5.74, 6) is -1.97. The fraction of sp³-hybridized carbons (Fsp3) is 0.0952. The zero-order chi connectivity index (χ0) is 23.0. The maximum Gasteiger partial charge on any atom is 0.259 e. The third kappa shape index (κ3) is 4.28. The molecule has 0 aliphatic heterocycles. The van der Waals surface area contributed by atoms with Gasteiger partial charge in [0.1, 0.15) is 11.6 Å². The maximum absolute atomic E-state index is 14.3. The van der Waals surface area contributed by atoms with Crippen LogP contribution in [0.2, 0.25) is 0 Å². The average Bonchev–Trinajstić information content (AvgIpc) is 3.10. The number of aryl methyl sites for hydroxylation is 1. The molecule has 0 radical (unpaired) electrons. The normalized spacial score (nSPS) is 11.5. The van der Waals surface area contributed by atoms with Crippen molar-refractivity contribution in [3.05, 3.63) is 71.4 Å². The SMILES string of the molecule is Cc1noc2nc(-c3ccccc3F)cc(C(=O)Nc3ccc(F)c(NS(C)(=O)=O)c3)c12. The number of hydrogen-bond acceptors (Lipinski definition) is 6. The predicted molar refractivity (Wildman–Crippen MR) is 115 cm³/mol. The third-order valence-corrected chi connectivity index (χ3v) is 5.12. The van der Waals surface area contributed by atoms with Gasteiger partial charge in [-0.25, -0.2) is 22.2 Å². The molecule has 0 unspecified atom stereocenters. The number of aromatic nitrogens is 2. The van der Waals surface area contributed by atoms with Crippen molar-refractivity contribution in [3.63, 3.8) is 0 Å². The van der Waals surface area contributed by atoms with Gasteiger partial charge in [0, 0.05) is 11.3 Å². The van der Waals surface area contributed by atoms with Crippen molar-refractivity contribution in [1.29, 1.82) is 0 Å². The van der Waals surface area contributed by atoms with Gasteiger partial charge < -0.3 is 9.84 Å². The first-order chi connectivity index (χ1) is 15.1. The van der Waals surface area contributed by atoms with E-state index < -0.39 is 27.6 Å². The van der Waals surface area contributed by atoms with Crippen molar-refractivity contribution in [2.24, 2.45) is 0 Å². The van der Waals surface area contributed by atoms with Crippen LogP contribution in [0.4, 0.5) is 20.2 Å². The van der Waals surface area contributed by atoms with Gasteiger partial charge in [-0.15, -0.1) is 0 Å². The Balaban J connectivity index is 1.76. The zero-order valence-electron chi connectivity index (χ0n) is 16.8. The second-order valence-electron chi connectivity index (χ2n) is 7.01. The summed E-state index contributed by atoms with van der Waals surface area (Å²) < 4.78 is 58.4. The Labute approximate surface area is 181 Å². The Morgan fingerprint density at radius 1 is 1.06 bits per heavy atom. The first kappa shape index (κ1) is 21.4. The van der Waals surface area contributed by atoms with Crippen LogP contribution >= 0.6 is 0 Å². The van der Waals surface area contributed by atoms with E-state index in [9.17, 15) is 22.0 Å². The number of rotatable bonds is 5. The molecule has 2 aromatic heterocycles. The molecule has 0 atom stereocenters. The molecule has 1 amide bonds. The number of benzene rings is 2. The van der Waals surface area contributed by atoms with E-state index in [1.807, 2.05) is 4.72 Å². The highest BCUT2D eigenvalue weighted by Gasteiger charge is 2.21. The predicted octanol–water partition coefficient (Wildman–Crippen LogP) is 4.10. The van der Waals surface area contributed by atoms with Gasteiger partial charge in [-0.05, 0) is 43.3 Å². The van der Waals surface area contributed by atoms with Gasteiger partial charge in [0.2, 0.25) is 10.0 Å². The zero-order valence-corrected chi connectivity index (χ0v) is 17.6. The maximum atomic E-state index is 14.3. The summed E-state index contributed by atoms with van der Waals surface area (Å²) in [5.41, 5.74) is 0.693. The number of halogens is 2. The van der Waals surface area contributed by atoms with Crippen LogP contribution in [-0.2, 0) is 10.0 Å². The van der Waals surface area contributed by atoms with E-state index in [4.69, 9.17) is 4.52 Å². The molecule has 0 spiro atoms. The van der Waals surface area contributed by atoms with Gasteiger partial charge in [0.25, 0.3) is 11.6 Å². The molecule has 0 bridgehead atoms. The minimum atomic E-state index is -3.73. The van der Waals surface area contributed by atoms with Crippen LogP contribution in [0.5, 0.6) is 0 Å². The number of anilines is 2. The second-order valence-corrected chi connectivity index (χ2v) is 8.75. The summed E-state index contributed by atoms with van der Waals surface area (Å²) in [6, 6.07) is 10.8. The van der Waals surface area contributed by atoms with Crippen LogP contribution < -0.4 is 10.0 Å². The summed E-state index contributed by atoms with van der Waals surface area (Å²) in [6.45, 7) is 1.62. The molecule has 0 aliphatic carbocycles. The van der Waals surface area contributed by atoms with Gasteiger partial charge in [-0.1, -0.05) is 17.3 Å². The number of amides is 1. The summed E-state index contributed by atoms with van der Waals surface area (Å²) in [7, 11) is -3.73. The fourth-order valence-corrected chi connectivity index (χ4v) is 3.72. The monoisotopic (exact) mass is 458 g/mol. The van der Waals surface area contributed by atoms with Gasteiger partial charge >= 0.3 is 0 Å². The molecular formula is C21H16F2N4O4S. The lowest BCUT2D eigenvalue weighted by atomic mass is 10.0. The Hall–Kier alpha value is -3.86. The van der Waals surface area contributed by atoms with Crippen LogP contribution in [0.25, 0.3) is 22.4 Å². The van der Waals surface area contributed by atoms with E-state index in [-0.39, 0.29) is 33.9 Å². The lowest BCUT2D eigenvalue weighted by Gasteiger charge is -2.11. The van der Waals surface area contributed by atoms with Gasteiger partial charge in [0.15, 0.2) is 0 Å². The topological polar surface area (TPSA) is 114 Å². The molecule has 2 heterocycles. The molecule has 0 saturated carbocycles. The number of carbonyl (C=O) groups is 1. The van der Waals surface area contributed by atoms with E-state index in [2.05, 4.69) is 15.5 Å². The molecule has 2 aromatic carbocycles. The quantitative estimate of drug-likeness (QED) is 0.465. The highest BCUT2D eigenvalue weighted by molar-refractivity contribution is 7.92. The molecule has 4 rings (SSSR count). The van der Waals surface area contributed by atoms with Crippen LogP contribution in [-0.4, -0.2) is 30.7 Å².